The molecule has 0 saturated heterocycles. The van der Waals surface area contributed by atoms with Gasteiger partial charge in [0, 0.05) is 18.5 Å². The highest BCUT2D eigenvalue weighted by molar-refractivity contribution is 6.34. The van der Waals surface area contributed by atoms with E-state index in [9.17, 15) is 14.4 Å². The first-order valence-electron chi connectivity index (χ1n) is 14.9. The van der Waals surface area contributed by atoms with Gasteiger partial charge in [-0.1, -0.05) is 98.0 Å². The molecule has 3 rings (SSSR count). The minimum atomic E-state index is -1.11. The van der Waals surface area contributed by atoms with Gasteiger partial charge >= 0.3 is 6.09 Å². The normalized spacial score (nSPS) is 12.4. The number of alkyl carbamates (subject to hydrolysis) is 1. The lowest BCUT2D eigenvalue weighted by molar-refractivity contribution is -0.140. The number of terminal acetylenes is 1. The zero-order chi connectivity index (χ0) is 32.3. The Bertz CT molecular complexity index is 1460. The van der Waals surface area contributed by atoms with E-state index in [-0.39, 0.29) is 13.0 Å². The van der Waals surface area contributed by atoms with Crippen LogP contribution in [-0.4, -0.2) is 41.0 Å². The van der Waals surface area contributed by atoms with Crippen LogP contribution >= 0.6 is 11.6 Å². The lowest BCUT2D eigenvalue weighted by Gasteiger charge is -2.35. The number of benzene rings is 3. The second-order valence-corrected chi connectivity index (χ2v) is 12.1. The summed E-state index contributed by atoms with van der Waals surface area (Å²) in [7, 11) is 0. The van der Waals surface area contributed by atoms with Crippen LogP contribution in [0.1, 0.15) is 75.3 Å². The van der Waals surface area contributed by atoms with E-state index in [0.717, 1.165) is 24.0 Å². The van der Waals surface area contributed by atoms with E-state index in [0.29, 0.717) is 28.3 Å². The molecule has 2 N–H and O–H groups in total. The van der Waals surface area contributed by atoms with Gasteiger partial charge in [-0.2, -0.15) is 0 Å². The van der Waals surface area contributed by atoms with Crippen molar-refractivity contribution in [3.63, 3.8) is 0 Å². The van der Waals surface area contributed by atoms with Crippen molar-refractivity contribution >= 4 is 35.2 Å². The zero-order valence-corrected chi connectivity index (χ0v) is 26.9. The average Bonchev–Trinajstić information content (AvgIpc) is 2.97. The molecule has 3 aromatic carbocycles. The van der Waals surface area contributed by atoms with Crippen molar-refractivity contribution in [2.24, 2.45) is 0 Å². The van der Waals surface area contributed by atoms with Gasteiger partial charge in [0.1, 0.15) is 17.7 Å². The van der Waals surface area contributed by atoms with E-state index in [1.54, 1.807) is 57.2 Å². The largest absolute Gasteiger partial charge is 0.444 e. The summed E-state index contributed by atoms with van der Waals surface area (Å²) in [6, 6.07) is 19.7. The molecule has 3 amide bonds. The molecule has 3 aromatic rings. The number of aryl methyl sites for hydroxylation is 1. The molecule has 0 aromatic heterocycles. The summed E-state index contributed by atoms with van der Waals surface area (Å²) in [4.78, 5) is 43.5. The van der Waals surface area contributed by atoms with Gasteiger partial charge in [0.25, 0.3) is 5.91 Å². The van der Waals surface area contributed by atoms with Crippen molar-refractivity contribution in [1.29, 1.82) is 0 Å². The fourth-order valence-electron chi connectivity index (χ4n) is 4.90. The van der Waals surface area contributed by atoms with Crippen molar-refractivity contribution in [1.82, 2.24) is 10.2 Å². The number of unbranched alkanes of at least 4 members (excludes halogenated alkanes) is 2. The third-order valence-electron chi connectivity index (χ3n) is 7.00. The Hall–Kier alpha value is -4.28. The molecule has 0 aliphatic carbocycles. The van der Waals surface area contributed by atoms with Crippen molar-refractivity contribution in [2.75, 3.05) is 11.9 Å². The zero-order valence-electron chi connectivity index (χ0n) is 26.2. The van der Waals surface area contributed by atoms with E-state index in [1.807, 2.05) is 43.3 Å². The van der Waals surface area contributed by atoms with Crippen molar-refractivity contribution in [2.45, 2.75) is 78.0 Å². The first-order valence-corrected chi connectivity index (χ1v) is 15.3. The molecular formula is C36H42ClN3O4. The first-order chi connectivity index (χ1) is 20.9. The summed E-state index contributed by atoms with van der Waals surface area (Å²) in [6.45, 7) is 9.43. The van der Waals surface area contributed by atoms with Gasteiger partial charge in [-0.25, -0.2) is 4.79 Å². The Balaban J connectivity index is 2.14. The maximum Gasteiger partial charge on any atom is 0.408 e. The molecule has 0 saturated carbocycles. The number of hydrogen-bond acceptors (Lipinski definition) is 4. The fourth-order valence-corrected chi connectivity index (χ4v) is 5.17. The van der Waals surface area contributed by atoms with Crippen LogP contribution in [0.25, 0.3) is 0 Å². The van der Waals surface area contributed by atoms with E-state index in [1.165, 1.54) is 4.90 Å². The number of nitrogens with one attached hydrogen (secondary N) is 2. The topological polar surface area (TPSA) is 87.7 Å². The highest BCUT2D eigenvalue weighted by atomic mass is 35.5. The molecule has 0 bridgehead atoms. The van der Waals surface area contributed by atoms with Gasteiger partial charge in [0.15, 0.2) is 0 Å². The standard InChI is InChI=1S/C36H42ClN3O4/c1-7-9-15-23-40(34(42)30(24-26-18-11-10-12-19-26)38-35(43)44-36(4,5)6)32(28-21-14-13-20-27(28)8-2)33(41)39-31-25(3)17-16-22-29(31)37/h2,10-14,16-22,30,32H,7,9,15,23-24H2,1,3-6H3,(H,38,43)(H,39,41). The van der Waals surface area contributed by atoms with Crippen LogP contribution < -0.4 is 10.6 Å². The van der Waals surface area contributed by atoms with Crippen LogP contribution in [-0.2, 0) is 20.7 Å². The molecule has 7 nitrogen and oxygen atoms in total. The molecule has 2 atom stereocenters. The van der Waals surface area contributed by atoms with E-state index in [4.69, 9.17) is 22.8 Å². The Kier molecular flexibility index (Phi) is 12.4. The third-order valence-corrected chi connectivity index (χ3v) is 7.31. The first kappa shape index (κ1) is 34.2. The molecule has 0 aliphatic rings. The van der Waals surface area contributed by atoms with Gasteiger partial charge in [-0.15, -0.1) is 6.42 Å². The molecule has 8 heteroatoms. The van der Waals surface area contributed by atoms with E-state index < -0.39 is 35.6 Å². The number of carbonyl (C=O) groups is 3. The van der Waals surface area contributed by atoms with Crippen molar-refractivity contribution in [3.8, 4) is 12.3 Å². The molecule has 0 radical (unpaired) electrons. The maximum atomic E-state index is 14.6. The third kappa shape index (κ3) is 9.62. The molecule has 0 aliphatic heterocycles. The van der Waals surface area contributed by atoms with Crippen LogP contribution in [0.3, 0.4) is 0 Å². The summed E-state index contributed by atoms with van der Waals surface area (Å²) in [5.41, 5.74) is 2.27. The molecular weight excluding hydrogens is 574 g/mol. The highest BCUT2D eigenvalue weighted by Gasteiger charge is 2.37. The Morgan fingerprint density at radius 1 is 0.977 bits per heavy atom. The fraction of sp³-hybridized carbons (Fsp3) is 0.361. The average molecular weight is 616 g/mol. The smallest absolute Gasteiger partial charge is 0.408 e. The number of ether oxygens (including phenoxy) is 1. The summed E-state index contributed by atoms with van der Waals surface area (Å²) < 4.78 is 5.53. The van der Waals surface area contributed by atoms with Crippen LogP contribution in [0.15, 0.2) is 72.8 Å². The van der Waals surface area contributed by atoms with Gasteiger partial charge in [0.05, 0.1) is 10.7 Å². The monoisotopic (exact) mass is 615 g/mol. The van der Waals surface area contributed by atoms with E-state index >= 15 is 0 Å². The lowest BCUT2D eigenvalue weighted by Crippen LogP contribution is -2.53. The number of amides is 3. The minimum Gasteiger partial charge on any atom is -0.444 e. The molecule has 44 heavy (non-hydrogen) atoms. The quantitative estimate of drug-likeness (QED) is 0.163. The SMILES string of the molecule is C#Cc1ccccc1C(C(=O)Nc1c(C)cccc1Cl)N(CCCCC)C(=O)C(Cc1ccccc1)NC(=O)OC(C)(C)C. The summed E-state index contributed by atoms with van der Waals surface area (Å²) in [5.74, 6) is 1.77. The molecule has 232 valence electrons. The Morgan fingerprint density at radius 3 is 2.30 bits per heavy atom. The summed E-state index contributed by atoms with van der Waals surface area (Å²) in [5, 5.41) is 6.13. The number of para-hydroxylation sites is 1. The maximum absolute atomic E-state index is 14.6. The van der Waals surface area contributed by atoms with Crippen LogP contribution in [0, 0.1) is 19.3 Å². The Labute approximate surface area is 266 Å². The minimum absolute atomic E-state index is 0.192. The van der Waals surface area contributed by atoms with Gasteiger partial charge in [0.2, 0.25) is 5.91 Å². The number of halogens is 1. The van der Waals surface area contributed by atoms with Gasteiger partial charge in [-0.3, -0.25) is 9.59 Å². The second kappa shape index (κ2) is 16.0. The number of nitrogens with zero attached hydrogens (tertiary/aromatic N) is 1. The predicted molar refractivity (Wildman–Crippen MR) is 176 cm³/mol. The molecule has 0 spiro atoms. The van der Waals surface area contributed by atoms with Crippen molar-refractivity contribution in [3.05, 3.63) is 100 Å². The van der Waals surface area contributed by atoms with Gasteiger partial charge in [-0.05, 0) is 62.9 Å². The number of carbonyl (C=O) groups excluding carboxylic acids is 3. The van der Waals surface area contributed by atoms with Gasteiger partial charge < -0.3 is 20.3 Å². The molecule has 0 heterocycles. The predicted octanol–water partition coefficient (Wildman–Crippen LogP) is 7.46. The highest BCUT2D eigenvalue weighted by Crippen LogP contribution is 2.31. The van der Waals surface area contributed by atoms with Crippen LogP contribution in [0.2, 0.25) is 5.02 Å². The number of rotatable bonds is 12. The molecule has 2 unspecified atom stereocenters. The molecule has 0 fully saturated rings. The van der Waals surface area contributed by atoms with Crippen LogP contribution in [0.4, 0.5) is 10.5 Å². The number of hydrogen-bond donors (Lipinski definition) is 2. The van der Waals surface area contributed by atoms with Crippen molar-refractivity contribution < 1.29 is 19.1 Å². The summed E-state index contributed by atoms with van der Waals surface area (Å²) >= 11 is 6.49. The van der Waals surface area contributed by atoms with Crippen LogP contribution in [0.5, 0.6) is 0 Å². The Morgan fingerprint density at radius 2 is 1.66 bits per heavy atom. The lowest BCUT2D eigenvalue weighted by atomic mass is 9.96. The van der Waals surface area contributed by atoms with E-state index in [2.05, 4.69) is 23.5 Å². The number of anilines is 1. The summed E-state index contributed by atoms with van der Waals surface area (Å²) in [6.07, 6.45) is 7.74. The second-order valence-electron chi connectivity index (χ2n) is 11.7.